The highest BCUT2D eigenvalue weighted by Gasteiger charge is 2.25. The molecule has 0 radical (unpaired) electrons. The second kappa shape index (κ2) is 5.95. The number of carbonyl (C=O) groups excluding carboxylic acids is 1. The summed E-state index contributed by atoms with van der Waals surface area (Å²) < 4.78 is 0. The van der Waals surface area contributed by atoms with Gasteiger partial charge >= 0.3 is 0 Å². The van der Waals surface area contributed by atoms with Crippen LogP contribution in [0.25, 0.3) is 10.6 Å². The van der Waals surface area contributed by atoms with Crippen molar-refractivity contribution in [2.75, 3.05) is 0 Å². The Labute approximate surface area is 129 Å². The number of aromatic nitrogens is 1. The smallest absolute Gasteiger partial charge is 0.240 e. The zero-order valence-corrected chi connectivity index (χ0v) is 13.6. The molecule has 1 aromatic carbocycles. The molecule has 3 N–H and O–H groups in total. The number of carbonyl (C=O) groups is 1. The lowest BCUT2D eigenvalue weighted by molar-refractivity contribution is -0.125. The highest BCUT2D eigenvalue weighted by Crippen LogP contribution is 2.31. The lowest BCUT2D eigenvalue weighted by Crippen LogP contribution is -2.49. The minimum atomic E-state index is -0.880. The predicted molar refractivity (Wildman–Crippen MR) is 87.1 cm³/mol. The van der Waals surface area contributed by atoms with Crippen LogP contribution in [0.5, 0.6) is 0 Å². The highest BCUT2D eigenvalue weighted by molar-refractivity contribution is 7.15. The fourth-order valence-electron chi connectivity index (χ4n) is 1.96. The SMILES string of the molecule is Cc1nc(-c2ccccc2)sc1C(C)NC(=O)C(C)(C)N. The van der Waals surface area contributed by atoms with Crippen LogP contribution in [0.3, 0.4) is 0 Å². The zero-order chi connectivity index (χ0) is 15.6. The molecule has 4 nitrogen and oxygen atoms in total. The average Bonchev–Trinajstić information content (AvgIpc) is 2.81. The largest absolute Gasteiger partial charge is 0.347 e. The average molecular weight is 303 g/mol. The van der Waals surface area contributed by atoms with Crippen molar-refractivity contribution in [1.29, 1.82) is 0 Å². The molecule has 21 heavy (non-hydrogen) atoms. The topological polar surface area (TPSA) is 68.0 Å². The number of nitrogens with one attached hydrogen (secondary N) is 1. The van der Waals surface area contributed by atoms with Gasteiger partial charge in [-0.1, -0.05) is 30.3 Å². The molecule has 0 aliphatic rings. The number of benzene rings is 1. The molecule has 0 fully saturated rings. The first-order valence-corrected chi connectivity index (χ1v) is 7.73. The van der Waals surface area contributed by atoms with Crippen molar-refractivity contribution in [2.24, 2.45) is 5.73 Å². The van der Waals surface area contributed by atoms with Gasteiger partial charge in [0.15, 0.2) is 0 Å². The van der Waals surface area contributed by atoms with E-state index in [-0.39, 0.29) is 11.9 Å². The summed E-state index contributed by atoms with van der Waals surface area (Å²) in [5.41, 5.74) is 6.97. The summed E-state index contributed by atoms with van der Waals surface area (Å²) in [4.78, 5) is 17.7. The Morgan fingerprint density at radius 3 is 2.52 bits per heavy atom. The normalized spacial score (nSPS) is 13.0. The van der Waals surface area contributed by atoms with Crippen LogP contribution < -0.4 is 11.1 Å². The number of amides is 1. The first kappa shape index (κ1) is 15.7. The number of thiazole rings is 1. The molecule has 2 rings (SSSR count). The maximum absolute atomic E-state index is 12.0. The molecule has 2 aromatic rings. The van der Waals surface area contributed by atoms with Gasteiger partial charge in [-0.15, -0.1) is 11.3 Å². The lowest BCUT2D eigenvalue weighted by atomic mass is 10.1. The maximum atomic E-state index is 12.0. The molecular formula is C16H21N3OS. The van der Waals surface area contributed by atoms with Crippen molar-refractivity contribution in [3.05, 3.63) is 40.9 Å². The van der Waals surface area contributed by atoms with Crippen LogP contribution in [0, 0.1) is 6.92 Å². The third-order valence-electron chi connectivity index (χ3n) is 3.18. The van der Waals surface area contributed by atoms with Gasteiger partial charge < -0.3 is 11.1 Å². The Morgan fingerprint density at radius 1 is 1.33 bits per heavy atom. The number of nitrogens with two attached hydrogens (primary N) is 1. The molecule has 1 atom stereocenters. The number of aryl methyl sites for hydroxylation is 1. The quantitative estimate of drug-likeness (QED) is 0.912. The van der Waals surface area contributed by atoms with E-state index in [2.05, 4.69) is 10.3 Å². The van der Waals surface area contributed by atoms with Crippen molar-refractivity contribution in [3.8, 4) is 10.6 Å². The van der Waals surface area contributed by atoms with E-state index in [9.17, 15) is 4.79 Å². The van der Waals surface area contributed by atoms with Gasteiger partial charge in [-0.2, -0.15) is 0 Å². The Bertz CT molecular complexity index is 629. The molecule has 0 spiro atoms. The number of hydrogen-bond acceptors (Lipinski definition) is 4. The Morgan fingerprint density at radius 2 is 1.95 bits per heavy atom. The fourth-order valence-corrected chi connectivity index (χ4v) is 3.04. The van der Waals surface area contributed by atoms with Gasteiger partial charge in [-0.05, 0) is 27.7 Å². The van der Waals surface area contributed by atoms with Crippen LogP contribution in [0.15, 0.2) is 30.3 Å². The molecule has 0 aliphatic heterocycles. The summed E-state index contributed by atoms with van der Waals surface area (Å²) in [6.07, 6.45) is 0. The van der Waals surface area contributed by atoms with Gasteiger partial charge in [-0.25, -0.2) is 4.98 Å². The van der Waals surface area contributed by atoms with Gasteiger partial charge in [-0.3, -0.25) is 4.79 Å². The van der Waals surface area contributed by atoms with Crippen LogP contribution >= 0.6 is 11.3 Å². The van der Waals surface area contributed by atoms with Crippen molar-refractivity contribution in [3.63, 3.8) is 0 Å². The first-order valence-electron chi connectivity index (χ1n) is 6.91. The number of nitrogens with zero attached hydrogens (tertiary/aromatic N) is 1. The molecular weight excluding hydrogens is 282 g/mol. The van der Waals surface area contributed by atoms with E-state index in [1.165, 1.54) is 0 Å². The molecule has 1 unspecified atom stereocenters. The van der Waals surface area contributed by atoms with Crippen molar-refractivity contribution >= 4 is 17.2 Å². The minimum absolute atomic E-state index is 0.102. The third-order valence-corrected chi connectivity index (χ3v) is 4.57. The minimum Gasteiger partial charge on any atom is -0.347 e. The Kier molecular flexibility index (Phi) is 4.44. The summed E-state index contributed by atoms with van der Waals surface area (Å²) in [7, 11) is 0. The molecule has 1 amide bonds. The van der Waals surface area contributed by atoms with E-state index < -0.39 is 5.54 Å². The van der Waals surface area contributed by atoms with E-state index in [1.54, 1.807) is 25.2 Å². The number of hydrogen-bond donors (Lipinski definition) is 2. The molecule has 112 valence electrons. The van der Waals surface area contributed by atoms with Crippen molar-refractivity contribution in [2.45, 2.75) is 39.3 Å². The van der Waals surface area contributed by atoms with Crippen LogP contribution in [0.4, 0.5) is 0 Å². The second-order valence-corrected chi connectivity index (χ2v) is 6.78. The molecule has 0 saturated carbocycles. The zero-order valence-electron chi connectivity index (χ0n) is 12.8. The van der Waals surface area contributed by atoms with Crippen LogP contribution in [-0.2, 0) is 4.79 Å². The van der Waals surface area contributed by atoms with E-state index in [4.69, 9.17) is 5.73 Å². The van der Waals surface area contributed by atoms with Crippen molar-refractivity contribution < 1.29 is 4.79 Å². The molecule has 0 bridgehead atoms. The molecule has 1 aromatic heterocycles. The van der Waals surface area contributed by atoms with Gasteiger partial charge in [0, 0.05) is 5.56 Å². The van der Waals surface area contributed by atoms with Crippen LogP contribution in [-0.4, -0.2) is 16.4 Å². The summed E-state index contributed by atoms with van der Waals surface area (Å²) in [5, 5.41) is 3.92. The standard InChI is InChI=1S/C16H21N3OS/c1-10-13(11(2)19-15(20)16(3,4)17)21-14(18-10)12-8-6-5-7-9-12/h5-9,11H,17H2,1-4H3,(H,19,20). The van der Waals surface area contributed by atoms with Crippen LogP contribution in [0.2, 0.25) is 0 Å². The van der Waals surface area contributed by atoms with E-state index in [1.807, 2.05) is 44.2 Å². The second-order valence-electron chi connectivity index (χ2n) is 5.75. The van der Waals surface area contributed by atoms with Crippen LogP contribution in [0.1, 0.15) is 37.4 Å². The molecule has 1 heterocycles. The number of rotatable bonds is 4. The summed E-state index contributed by atoms with van der Waals surface area (Å²) in [6.45, 7) is 7.32. The van der Waals surface area contributed by atoms with Gasteiger partial charge in [0.2, 0.25) is 5.91 Å². The lowest BCUT2D eigenvalue weighted by Gasteiger charge is -2.21. The van der Waals surface area contributed by atoms with E-state index >= 15 is 0 Å². The summed E-state index contributed by atoms with van der Waals surface area (Å²) in [5.74, 6) is -0.163. The van der Waals surface area contributed by atoms with E-state index in [0.717, 1.165) is 21.1 Å². The van der Waals surface area contributed by atoms with E-state index in [0.29, 0.717) is 0 Å². The molecule has 5 heteroatoms. The fraction of sp³-hybridized carbons (Fsp3) is 0.375. The van der Waals surface area contributed by atoms with Gasteiger partial charge in [0.1, 0.15) is 5.01 Å². The Balaban J connectivity index is 2.21. The third kappa shape index (κ3) is 3.68. The molecule has 0 aliphatic carbocycles. The van der Waals surface area contributed by atoms with Gasteiger partial charge in [0.05, 0.1) is 22.2 Å². The summed E-state index contributed by atoms with van der Waals surface area (Å²) in [6, 6.07) is 9.94. The van der Waals surface area contributed by atoms with Gasteiger partial charge in [0.25, 0.3) is 0 Å². The highest BCUT2D eigenvalue weighted by atomic mass is 32.1. The Hall–Kier alpha value is -1.72. The first-order chi connectivity index (χ1) is 9.79. The van der Waals surface area contributed by atoms with Crippen molar-refractivity contribution in [1.82, 2.24) is 10.3 Å². The monoisotopic (exact) mass is 303 g/mol. The summed E-state index contributed by atoms with van der Waals surface area (Å²) >= 11 is 1.61. The molecule has 0 saturated heterocycles. The maximum Gasteiger partial charge on any atom is 0.240 e. The predicted octanol–water partition coefficient (Wildman–Crippen LogP) is 3.03.